The van der Waals surface area contributed by atoms with Gasteiger partial charge in [-0.15, -0.1) is 0 Å². The summed E-state index contributed by atoms with van der Waals surface area (Å²) in [6.07, 6.45) is 0.750. The van der Waals surface area contributed by atoms with Gasteiger partial charge in [-0.05, 0) is 22.7 Å². The van der Waals surface area contributed by atoms with Gasteiger partial charge in [0.2, 0.25) is 0 Å². The number of hydrogen-bond donors (Lipinski definition) is 0. The summed E-state index contributed by atoms with van der Waals surface area (Å²) < 4.78 is 0. The predicted molar refractivity (Wildman–Crippen MR) is 53.7 cm³/mol. The van der Waals surface area contributed by atoms with Crippen molar-refractivity contribution in [2.75, 3.05) is 0 Å². The number of hydrogen-bond acceptors (Lipinski definition) is 3. The van der Waals surface area contributed by atoms with E-state index in [2.05, 4.69) is 0 Å². The minimum absolute atomic E-state index is 0.534. The van der Waals surface area contributed by atoms with Crippen LogP contribution >= 0.6 is 11.8 Å². The molecule has 0 aliphatic rings. The van der Waals surface area contributed by atoms with Gasteiger partial charge < -0.3 is 0 Å². The van der Waals surface area contributed by atoms with Gasteiger partial charge >= 0.3 is 0 Å². The molecule has 0 aliphatic heterocycles. The first-order valence-corrected chi connectivity index (χ1v) is 4.52. The number of aldehydes is 1. The lowest BCUT2D eigenvalue weighted by atomic mass is 10.1. The maximum Gasteiger partial charge on any atom is 0.151 e. The van der Waals surface area contributed by atoms with Crippen LogP contribution in [0.3, 0.4) is 0 Å². The lowest BCUT2D eigenvalue weighted by Gasteiger charge is -1.96. The van der Waals surface area contributed by atoms with Crippen LogP contribution < -0.4 is 0 Å². The molecular weight excluding hydrogens is 182 g/mol. The first-order valence-electron chi connectivity index (χ1n) is 3.64. The lowest BCUT2D eigenvalue weighted by molar-refractivity contribution is -0.103. The molecule has 0 bridgehead atoms. The van der Waals surface area contributed by atoms with Crippen molar-refractivity contribution in [3.05, 3.63) is 41.3 Å². The molecule has 0 amide bonds. The zero-order chi connectivity index (χ0) is 9.52. The van der Waals surface area contributed by atoms with Crippen LogP contribution in [0.4, 0.5) is 0 Å². The molecule has 64 valence electrons. The van der Waals surface area contributed by atoms with Crippen LogP contribution in [0.15, 0.2) is 35.7 Å². The topological polar surface area (TPSA) is 40.9 Å². The maximum absolute atomic E-state index is 10.6. The first kappa shape index (κ1) is 9.56. The van der Waals surface area contributed by atoms with Crippen LogP contribution in [0, 0.1) is 10.7 Å². The molecular formula is C10H7NOS. The van der Waals surface area contributed by atoms with Crippen LogP contribution in [-0.4, -0.2) is 6.29 Å². The fourth-order valence-corrected chi connectivity index (χ4v) is 1.26. The van der Waals surface area contributed by atoms with Crippen molar-refractivity contribution < 1.29 is 4.79 Å². The van der Waals surface area contributed by atoms with E-state index in [4.69, 9.17) is 5.26 Å². The number of carbonyl (C=O) groups excluding carboxylic acids is 1. The Kier molecular flexibility index (Phi) is 3.80. The molecule has 0 saturated carbocycles. The molecule has 1 rings (SSSR count). The molecule has 0 N–H and O–H groups in total. The molecule has 13 heavy (non-hydrogen) atoms. The SMILES string of the molecule is N#CS/C=C(/C=O)c1ccccc1. The Balaban J connectivity index is 2.92. The molecule has 1 aromatic carbocycles. The minimum Gasteiger partial charge on any atom is -0.298 e. The Morgan fingerprint density at radius 3 is 2.62 bits per heavy atom. The molecule has 0 aromatic heterocycles. The average molecular weight is 189 g/mol. The fraction of sp³-hybridized carbons (Fsp3) is 0. The van der Waals surface area contributed by atoms with Gasteiger partial charge in [0.1, 0.15) is 5.40 Å². The molecule has 0 saturated heterocycles. The molecule has 0 radical (unpaired) electrons. The van der Waals surface area contributed by atoms with Crippen LogP contribution in [-0.2, 0) is 4.79 Å². The third-order valence-electron chi connectivity index (χ3n) is 1.47. The van der Waals surface area contributed by atoms with E-state index >= 15 is 0 Å². The first-order chi connectivity index (χ1) is 6.38. The van der Waals surface area contributed by atoms with Gasteiger partial charge in [0, 0.05) is 5.57 Å². The predicted octanol–water partition coefficient (Wildman–Crippen LogP) is 2.44. The highest BCUT2D eigenvalue weighted by Gasteiger charge is 1.97. The smallest absolute Gasteiger partial charge is 0.151 e. The van der Waals surface area contributed by atoms with E-state index in [-0.39, 0.29) is 0 Å². The van der Waals surface area contributed by atoms with Crippen molar-refractivity contribution >= 4 is 23.6 Å². The molecule has 2 nitrogen and oxygen atoms in total. The molecule has 0 unspecified atom stereocenters. The zero-order valence-corrected chi connectivity index (χ0v) is 7.62. The summed E-state index contributed by atoms with van der Waals surface area (Å²) in [5.41, 5.74) is 1.37. The monoisotopic (exact) mass is 189 g/mol. The van der Waals surface area contributed by atoms with Gasteiger partial charge in [-0.3, -0.25) is 4.79 Å². The van der Waals surface area contributed by atoms with Gasteiger partial charge in [-0.25, -0.2) is 0 Å². The number of allylic oxidation sites excluding steroid dienone is 1. The summed E-state index contributed by atoms with van der Waals surface area (Å²) >= 11 is 0.948. The van der Waals surface area contributed by atoms with Crippen LogP contribution in [0.1, 0.15) is 5.56 Å². The zero-order valence-electron chi connectivity index (χ0n) is 6.81. The molecule has 0 heterocycles. The Hall–Kier alpha value is -1.53. The number of nitrogens with zero attached hydrogens (tertiary/aromatic N) is 1. The highest BCUT2D eigenvalue weighted by Crippen LogP contribution is 2.15. The van der Waals surface area contributed by atoms with Crippen molar-refractivity contribution in [3.63, 3.8) is 0 Å². The number of rotatable bonds is 3. The molecule has 0 aliphatic carbocycles. The standard InChI is InChI=1S/C10H7NOS/c11-8-13-7-10(6-12)9-4-2-1-3-5-9/h1-7H/b10-7-. The summed E-state index contributed by atoms with van der Waals surface area (Å²) in [6.45, 7) is 0. The summed E-state index contributed by atoms with van der Waals surface area (Å²) in [6, 6.07) is 9.24. The van der Waals surface area contributed by atoms with E-state index in [1.165, 1.54) is 0 Å². The van der Waals surface area contributed by atoms with Crippen molar-refractivity contribution in [3.8, 4) is 5.40 Å². The van der Waals surface area contributed by atoms with Crippen molar-refractivity contribution in [2.24, 2.45) is 0 Å². The van der Waals surface area contributed by atoms with Crippen molar-refractivity contribution in [1.29, 1.82) is 5.26 Å². The molecule has 0 atom stereocenters. The quantitative estimate of drug-likeness (QED) is 0.416. The van der Waals surface area contributed by atoms with Gasteiger partial charge in [-0.2, -0.15) is 5.26 Å². The Bertz CT molecular complexity index is 351. The van der Waals surface area contributed by atoms with Crippen molar-refractivity contribution in [2.45, 2.75) is 0 Å². The average Bonchev–Trinajstić information content (AvgIpc) is 2.21. The van der Waals surface area contributed by atoms with E-state index in [1.807, 2.05) is 35.7 Å². The highest BCUT2D eigenvalue weighted by molar-refractivity contribution is 8.06. The number of carbonyl (C=O) groups is 1. The molecule has 0 spiro atoms. The largest absolute Gasteiger partial charge is 0.298 e. The van der Waals surface area contributed by atoms with Gasteiger partial charge in [0.05, 0.1) is 0 Å². The Morgan fingerprint density at radius 1 is 1.38 bits per heavy atom. The molecule has 0 fully saturated rings. The third-order valence-corrected chi connectivity index (χ3v) is 1.95. The van der Waals surface area contributed by atoms with E-state index in [0.29, 0.717) is 5.57 Å². The van der Waals surface area contributed by atoms with Gasteiger partial charge in [-0.1, -0.05) is 30.3 Å². The number of benzene rings is 1. The summed E-state index contributed by atoms with van der Waals surface area (Å²) in [4.78, 5) is 10.6. The number of thioether (sulfide) groups is 1. The van der Waals surface area contributed by atoms with E-state index < -0.39 is 0 Å². The normalized spacial score (nSPS) is 10.5. The van der Waals surface area contributed by atoms with Crippen LogP contribution in [0.25, 0.3) is 5.57 Å². The van der Waals surface area contributed by atoms with Crippen molar-refractivity contribution in [1.82, 2.24) is 0 Å². The number of nitriles is 1. The molecule has 1 aromatic rings. The summed E-state index contributed by atoms with van der Waals surface area (Å²) in [5, 5.41) is 11.7. The Morgan fingerprint density at radius 2 is 2.08 bits per heavy atom. The summed E-state index contributed by atoms with van der Waals surface area (Å²) in [7, 11) is 0. The summed E-state index contributed by atoms with van der Waals surface area (Å²) in [5.74, 6) is 0. The van der Waals surface area contributed by atoms with E-state index in [1.54, 1.807) is 5.41 Å². The van der Waals surface area contributed by atoms with E-state index in [9.17, 15) is 4.79 Å². The third kappa shape index (κ3) is 2.77. The maximum atomic E-state index is 10.6. The second kappa shape index (κ2) is 5.18. The van der Waals surface area contributed by atoms with Crippen LogP contribution in [0.2, 0.25) is 0 Å². The lowest BCUT2D eigenvalue weighted by Crippen LogP contribution is -1.83. The molecule has 3 heteroatoms. The van der Waals surface area contributed by atoms with Crippen LogP contribution in [0.5, 0.6) is 0 Å². The second-order valence-corrected chi connectivity index (χ2v) is 2.92. The number of thiocyanates is 1. The fourth-order valence-electron chi connectivity index (χ4n) is 0.884. The van der Waals surface area contributed by atoms with Gasteiger partial charge in [0.15, 0.2) is 6.29 Å². The van der Waals surface area contributed by atoms with Gasteiger partial charge in [0.25, 0.3) is 0 Å². The Labute approximate surface area is 80.9 Å². The highest BCUT2D eigenvalue weighted by atomic mass is 32.2. The van der Waals surface area contributed by atoms with E-state index in [0.717, 1.165) is 23.6 Å². The second-order valence-electron chi connectivity index (χ2n) is 2.27. The minimum atomic E-state index is 0.534.